The van der Waals surface area contributed by atoms with E-state index in [-0.39, 0.29) is 5.91 Å². The fourth-order valence-corrected chi connectivity index (χ4v) is 3.21. The third-order valence-electron chi connectivity index (χ3n) is 3.58. The van der Waals surface area contributed by atoms with Crippen LogP contribution in [0.1, 0.15) is 37.7 Å². The highest BCUT2D eigenvalue weighted by Gasteiger charge is 2.15. The number of aryl methyl sites for hydroxylation is 1. The zero-order valence-electron chi connectivity index (χ0n) is 11.4. The van der Waals surface area contributed by atoms with Gasteiger partial charge in [-0.2, -0.15) is 0 Å². The summed E-state index contributed by atoms with van der Waals surface area (Å²) in [5, 5.41) is 3.13. The molecule has 0 bridgehead atoms. The second kappa shape index (κ2) is 6.85. The molecule has 1 amide bonds. The lowest BCUT2D eigenvalue weighted by molar-refractivity contribution is -0.119. The Bertz CT molecular complexity index is 442. The largest absolute Gasteiger partial charge is 0.399 e. The van der Waals surface area contributed by atoms with E-state index in [0.29, 0.717) is 11.8 Å². The molecule has 104 valence electrons. The summed E-state index contributed by atoms with van der Waals surface area (Å²) in [6, 6.07) is 6.31. The fourth-order valence-electron chi connectivity index (χ4n) is 2.40. The van der Waals surface area contributed by atoms with E-state index >= 15 is 0 Å². The van der Waals surface area contributed by atoms with Gasteiger partial charge in [0.05, 0.1) is 5.75 Å². The number of benzene rings is 1. The second-order valence-corrected chi connectivity index (χ2v) is 6.26. The van der Waals surface area contributed by atoms with E-state index in [2.05, 4.69) is 5.32 Å². The summed E-state index contributed by atoms with van der Waals surface area (Å²) >= 11 is 1.57. The Morgan fingerprint density at radius 1 is 1.37 bits per heavy atom. The first-order valence-corrected chi connectivity index (χ1v) is 7.92. The maximum Gasteiger partial charge on any atom is 0.230 e. The average molecular weight is 278 g/mol. The highest BCUT2D eigenvalue weighted by molar-refractivity contribution is 8.00. The van der Waals surface area contributed by atoms with Gasteiger partial charge in [0.25, 0.3) is 0 Å². The van der Waals surface area contributed by atoms with Crippen molar-refractivity contribution in [3.63, 3.8) is 0 Å². The van der Waals surface area contributed by atoms with Crippen LogP contribution in [-0.2, 0) is 4.79 Å². The summed E-state index contributed by atoms with van der Waals surface area (Å²) in [7, 11) is 0. The number of rotatable bonds is 4. The molecular formula is C15H22N2OS. The van der Waals surface area contributed by atoms with E-state index in [0.717, 1.165) is 29.0 Å². The number of carbonyl (C=O) groups excluding carboxylic acids is 1. The van der Waals surface area contributed by atoms with Gasteiger partial charge < -0.3 is 11.1 Å². The van der Waals surface area contributed by atoms with Gasteiger partial charge in [0.15, 0.2) is 0 Å². The maximum atomic E-state index is 11.9. The molecule has 0 saturated heterocycles. The van der Waals surface area contributed by atoms with Gasteiger partial charge in [0.2, 0.25) is 5.91 Å². The van der Waals surface area contributed by atoms with Crippen LogP contribution in [-0.4, -0.2) is 17.7 Å². The molecule has 1 aromatic carbocycles. The first-order valence-electron chi connectivity index (χ1n) is 6.93. The Kier molecular flexibility index (Phi) is 5.14. The van der Waals surface area contributed by atoms with Gasteiger partial charge in [-0.05, 0) is 43.5 Å². The van der Waals surface area contributed by atoms with Crippen LogP contribution in [0.5, 0.6) is 0 Å². The summed E-state index contributed by atoms with van der Waals surface area (Å²) in [4.78, 5) is 13.0. The lowest BCUT2D eigenvalue weighted by Crippen LogP contribution is -2.37. The van der Waals surface area contributed by atoms with Gasteiger partial charge in [0, 0.05) is 16.6 Å². The normalized spacial score (nSPS) is 16.3. The van der Waals surface area contributed by atoms with Gasteiger partial charge in [0.1, 0.15) is 0 Å². The van der Waals surface area contributed by atoms with Crippen molar-refractivity contribution in [1.29, 1.82) is 0 Å². The predicted octanol–water partition coefficient (Wildman–Crippen LogP) is 3.12. The lowest BCUT2D eigenvalue weighted by atomic mass is 9.95. The average Bonchev–Trinajstić information content (AvgIpc) is 2.41. The monoisotopic (exact) mass is 278 g/mol. The highest BCUT2D eigenvalue weighted by atomic mass is 32.2. The molecule has 1 fully saturated rings. The van der Waals surface area contributed by atoms with E-state index in [1.54, 1.807) is 11.8 Å². The molecular weight excluding hydrogens is 256 g/mol. The molecule has 4 heteroatoms. The number of nitrogen functional groups attached to an aromatic ring is 1. The third-order valence-corrected chi connectivity index (χ3v) is 4.58. The summed E-state index contributed by atoms with van der Waals surface area (Å²) in [5.41, 5.74) is 7.65. The minimum Gasteiger partial charge on any atom is -0.399 e. The van der Waals surface area contributed by atoms with Gasteiger partial charge in [-0.25, -0.2) is 0 Å². The van der Waals surface area contributed by atoms with Crippen LogP contribution in [0, 0.1) is 6.92 Å². The van der Waals surface area contributed by atoms with Crippen molar-refractivity contribution in [2.75, 3.05) is 11.5 Å². The van der Waals surface area contributed by atoms with Crippen molar-refractivity contribution in [2.45, 2.75) is 50.0 Å². The number of amides is 1. The molecule has 2 rings (SSSR count). The van der Waals surface area contributed by atoms with Gasteiger partial charge in [-0.15, -0.1) is 11.8 Å². The van der Waals surface area contributed by atoms with E-state index in [1.807, 2.05) is 25.1 Å². The minimum absolute atomic E-state index is 0.145. The molecule has 0 radical (unpaired) electrons. The third kappa shape index (κ3) is 4.46. The van der Waals surface area contributed by atoms with Crippen LogP contribution in [0.3, 0.4) is 0 Å². The number of nitrogens with two attached hydrogens (primary N) is 1. The molecule has 0 aromatic heterocycles. The van der Waals surface area contributed by atoms with E-state index in [9.17, 15) is 4.79 Å². The Hall–Kier alpha value is -1.16. The molecule has 19 heavy (non-hydrogen) atoms. The lowest BCUT2D eigenvalue weighted by Gasteiger charge is -2.22. The Labute approximate surface area is 119 Å². The number of anilines is 1. The van der Waals surface area contributed by atoms with E-state index in [4.69, 9.17) is 5.73 Å². The van der Waals surface area contributed by atoms with Crippen LogP contribution in [0.25, 0.3) is 0 Å². The summed E-state index contributed by atoms with van der Waals surface area (Å²) in [5.74, 6) is 0.631. The van der Waals surface area contributed by atoms with Crippen LogP contribution in [0.4, 0.5) is 5.69 Å². The molecule has 1 saturated carbocycles. The van der Waals surface area contributed by atoms with E-state index < -0.39 is 0 Å². The molecule has 1 aromatic rings. The van der Waals surface area contributed by atoms with Gasteiger partial charge >= 0.3 is 0 Å². The number of nitrogens with one attached hydrogen (secondary N) is 1. The number of thioether (sulfide) groups is 1. The summed E-state index contributed by atoms with van der Waals surface area (Å²) in [6.07, 6.45) is 6.07. The molecule has 1 aliphatic carbocycles. The second-order valence-electron chi connectivity index (χ2n) is 5.21. The van der Waals surface area contributed by atoms with E-state index in [1.165, 1.54) is 19.3 Å². The first-order chi connectivity index (χ1) is 9.15. The van der Waals surface area contributed by atoms with Gasteiger partial charge in [-0.3, -0.25) is 4.79 Å². The molecule has 0 atom stereocenters. The Morgan fingerprint density at radius 3 is 2.79 bits per heavy atom. The Balaban J connectivity index is 1.77. The maximum absolute atomic E-state index is 11.9. The van der Waals surface area contributed by atoms with Crippen molar-refractivity contribution >= 4 is 23.4 Å². The van der Waals surface area contributed by atoms with Crippen molar-refractivity contribution in [3.8, 4) is 0 Å². The molecule has 0 spiro atoms. The van der Waals surface area contributed by atoms with Crippen LogP contribution in [0.2, 0.25) is 0 Å². The standard InChI is InChI=1S/C15H22N2OS/c1-11-9-13(7-8-14(11)16)19-10-15(18)17-12-5-3-2-4-6-12/h7-9,12H,2-6,10,16H2,1H3,(H,17,18). The molecule has 3 N–H and O–H groups in total. The zero-order chi connectivity index (χ0) is 13.7. The number of hydrogen-bond donors (Lipinski definition) is 2. The van der Waals surface area contributed by atoms with Crippen LogP contribution in [0.15, 0.2) is 23.1 Å². The first kappa shape index (κ1) is 14.3. The summed E-state index contributed by atoms with van der Waals surface area (Å²) in [6.45, 7) is 1.99. The van der Waals surface area contributed by atoms with Crippen molar-refractivity contribution in [3.05, 3.63) is 23.8 Å². The molecule has 0 heterocycles. The quantitative estimate of drug-likeness (QED) is 0.657. The Morgan fingerprint density at radius 2 is 2.11 bits per heavy atom. The van der Waals surface area contributed by atoms with Crippen molar-refractivity contribution in [2.24, 2.45) is 0 Å². The minimum atomic E-state index is 0.145. The van der Waals surface area contributed by atoms with Crippen LogP contribution >= 0.6 is 11.8 Å². The van der Waals surface area contributed by atoms with Crippen LogP contribution < -0.4 is 11.1 Å². The van der Waals surface area contributed by atoms with Crippen molar-refractivity contribution in [1.82, 2.24) is 5.32 Å². The smallest absolute Gasteiger partial charge is 0.230 e. The molecule has 1 aliphatic rings. The SMILES string of the molecule is Cc1cc(SCC(=O)NC2CCCCC2)ccc1N. The van der Waals surface area contributed by atoms with Gasteiger partial charge in [-0.1, -0.05) is 19.3 Å². The number of hydrogen-bond acceptors (Lipinski definition) is 3. The highest BCUT2D eigenvalue weighted by Crippen LogP contribution is 2.22. The summed E-state index contributed by atoms with van der Waals surface area (Å²) < 4.78 is 0. The fraction of sp³-hybridized carbons (Fsp3) is 0.533. The predicted molar refractivity (Wildman–Crippen MR) is 81.3 cm³/mol. The molecule has 0 unspecified atom stereocenters. The number of carbonyl (C=O) groups is 1. The zero-order valence-corrected chi connectivity index (χ0v) is 12.3. The topological polar surface area (TPSA) is 55.1 Å². The molecule has 0 aliphatic heterocycles. The van der Waals surface area contributed by atoms with Crippen molar-refractivity contribution < 1.29 is 4.79 Å². The molecule has 3 nitrogen and oxygen atoms in total.